The van der Waals surface area contributed by atoms with Gasteiger partial charge in [0, 0.05) is 19.3 Å². The molecule has 0 amide bonds. The zero-order valence-electron chi connectivity index (χ0n) is 31.2. The van der Waals surface area contributed by atoms with Gasteiger partial charge in [-0.15, -0.1) is 0 Å². The van der Waals surface area contributed by atoms with Crippen molar-refractivity contribution in [2.24, 2.45) is 11.8 Å². The monoisotopic (exact) mass is 653 g/mol. The Labute approximate surface area is 285 Å². The zero-order chi connectivity index (χ0) is 34.1. The van der Waals surface area contributed by atoms with E-state index in [1.165, 1.54) is 96.3 Å². The number of esters is 3. The first-order valence-electron chi connectivity index (χ1n) is 19.7. The van der Waals surface area contributed by atoms with Crippen LogP contribution >= 0.6 is 0 Å². The van der Waals surface area contributed by atoms with Crippen LogP contribution in [0.4, 0.5) is 0 Å². The molecule has 0 radical (unpaired) electrons. The summed E-state index contributed by atoms with van der Waals surface area (Å²) in [5.74, 6) is 0.646. The summed E-state index contributed by atoms with van der Waals surface area (Å²) in [7, 11) is 0. The molecule has 0 aliphatic carbocycles. The number of ether oxygens (including phenoxy) is 3. The number of unbranched alkanes of at least 4 members (excludes halogenated alkanes) is 19. The summed E-state index contributed by atoms with van der Waals surface area (Å²) in [5.41, 5.74) is 0. The summed E-state index contributed by atoms with van der Waals surface area (Å²) in [6, 6.07) is 0. The molecule has 0 saturated carbocycles. The zero-order valence-corrected chi connectivity index (χ0v) is 31.2. The Balaban J connectivity index is 4.36. The van der Waals surface area contributed by atoms with Crippen molar-refractivity contribution in [3.63, 3.8) is 0 Å². The molecule has 0 N–H and O–H groups in total. The van der Waals surface area contributed by atoms with Gasteiger partial charge >= 0.3 is 17.9 Å². The summed E-state index contributed by atoms with van der Waals surface area (Å²) >= 11 is 0. The maximum absolute atomic E-state index is 12.6. The second-order valence-electron chi connectivity index (χ2n) is 14.5. The summed E-state index contributed by atoms with van der Waals surface area (Å²) in [6.07, 6.45) is 28.3. The molecule has 0 aromatic heterocycles. The van der Waals surface area contributed by atoms with Crippen molar-refractivity contribution in [1.82, 2.24) is 0 Å². The Morgan fingerprint density at radius 1 is 0.413 bits per heavy atom. The molecule has 0 rings (SSSR count). The van der Waals surface area contributed by atoms with Crippen molar-refractivity contribution in [1.29, 1.82) is 0 Å². The van der Waals surface area contributed by atoms with Crippen LogP contribution < -0.4 is 0 Å². The molecule has 0 saturated heterocycles. The minimum atomic E-state index is -0.759. The fourth-order valence-electron chi connectivity index (χ4n) is 5.69. The molecule has 0 aliphatic rings. The molecule has 0 aromatic rings. The van der Waals surface area contributed by atoms with E-state index < -0.39 is 6.10 Å². The van der Waals surface area contributed by atoms with Gasteiger partial charge in [-0.3, -0.25) is 14.4 Å². The van der Waals surface area contributed by atoms with Gasteiger partial charge in [-0.1, -0.05) is 169 Å². The molecule has 6 heteroatoms. The molecular weight excluding hydrogens is 576 g/mol. The van der Waals surface area contributed by atoms with E-state index in [-0.39, 0.29) is 31.1 Å². The number of carbonyl (C=O) groups is 3. The second-order valence-corrected chi connectivity index (χ2v) is 14.5. The predicted octanol–water partition coefficient (Wildman–Crippen LogP) is 11.8. The maximum Gasteiger partial charge on any atom is 0.306 e. The third-order valence-electron chi connectivity index (χ3n) is 8.72. The molecule has 0 heterocycles. The predicted molar refractivity (Wildman–Crippen MR) is 192 cm³/mol. The van der Waals surface area contributed by atoms with Crippen molar-refractivity contribution in [3.8, 4) is 0 Å². The van der Waals surface area contributed by atoms with Crippen LogP contribution in [0, 0.1) is 11.8 Å². The Kier molecular flexibility index (Phi) is 32.2. The lowest BCUT2D eigenvalue weighted by Crippen LogP contribution is -2.30. The van der Waals surface area contributed by atoms with E-state index >= 15 is 0 Å². The molecule has 272 valence electrons. The summed E-state index contributed by atoms with van der Waals surface area (Å²) in [4.78, 5) is 37.4. The SMILES string of the molecule is CCCCCCCCCCCCC(=O)OC[C@@H](COC(=O)CCCCCCCCC(C)C)OC(=O)CCCCCCCCC(C)C. The van der Waals surface area contributed by atoms with Gasteiger partial charge in [0.15, 0.2) is 6.10 Å². The standard InChI is InChI=1S/C40H76O6/c1-6-7-8-9-10-11-12-13-20-25-30-38(41)44-33-37(46-40(43)32-27-22-17-15-19-24-29-36(4)5)34-45-39(42)31-26-21-16-14-18-23-28-35(2)3/h35-37H,6-34H2,1-5H3/t37-/m0/s1. The lowest BCUT2D eigenvalue weighted by atomic mass is 10.0. The van der Waals surface area contributed by atoms with Gasteiger partial charge in [0.2, 0.25) is 0 Å². The molecule has 0 aromatic carbocycles. The quantitative estimate of drug-likeness (QED) is 0.0391. The first-order chi connectivity index (χ1) is 22.2. The van der Waals surface area contributed by atoms with Crippen LogP contribution in [0.25, 0.3) is 0 Å². The topological polar surface area (TPSA) is 78.9 Å². The van der Waals surface area contributed by atoms with E-state index in [0.29, 0.717) is 19.3 Å². The van der Waals surface area contributed by atoms with Gasteiger partial charge in [-0.05, 0) is 31.1 Å². The van der Waals surface area contributed by atoms with Gasteiger partial charge in [-0.2, -0.15) is 0 Å². The minimum Gasteiger partial charge on any atom is -0.462 e. The van der Waals surface area contributed by atoms with E-state index in [4.69, 9.17) is 14.2 Å². The van der Waals surface area contributed by atoms with Crippen LogP contribution in [0.3, 0.4) is 0 Å². The number of carbonyl (C=O) groups excluding carboxylic acids is 3. The Bertz CT molecular complexity index is 704. The number of hydrogen-bond donors (Lipinski definition) is 0. The van der Waals surface area contributed by atoms with Crippen LogP contribution in [0.15, 0.2) is 0 Å². The van der Waals surface area contributed by atoms with E-state index in [0.717, 1.165) is 69.6 Å². The van der Waals surface area contributed by atoms with Gasteiger partial charge in [0.05, 0.1) is 0 Å². The highest BCUT2D eigenvalue weighted by molar-refractivity contribution is 5.71. The first kappa shape index (κ1) is 44.4. The van der Waals surface area contributed by atoms with Crippen LogP contribution in [0.1, 0.15) is 208 Å². The van der Waals surface area contributed by atoms with E-state index in [1.807, 2.05) is 0 Å². The smallest absolute Gasteiger partial charge is 0.306 e. The molecule has 1 atom stereocenters. The van der Waals surface area contributed by atoms with Gasteiger partial charge in [0.25, 0.3) is 0 Å². The number of rotatable bonds is 34. The second kappa shape index (κ2) is 33.3. The average molecular weight is 653 g/mol. The molecular formula is C40H76O6. The molecule has 6 nitrogen and oxygen atoms in total. The van der Waals surface area contributed by atoms with Crippen molar-refractivity contribution in [2.75, 3.05) is 13.2 Å². The third-order valence-corrected chi connectivity index (χ3v) is 8.72. The molecule has 0 bridgehead atoms. The van der Waals surface area contributed by atoms with E-state index in [2.05, 4.69) is 34.6 Å². The first-order valence-corrected chi connectivity index (χ1v) is 19.7. The van der Waals surface area contributed by atoms with Gasteiger partial charge in [0.1, 0.15) is 13.2 Å². The van der Waals surface area contributed by atoms with Crippen molar-refractivity contribution < 1.29 is 28.6 Å². The molecule has 0 fully saturated rings. The fraction of sp³-hybridized carbons (Fsp3) is 0.925. The molecule has 0 aliphatic heterocycles. The fourth-order valence-corrected chi connectivity index (χ4v) is 5.69. The van der Waals surface area contributed by atoms with Crippen LogP contribution in [0.5, 0.6) is 0 Å². The highest BCUT2D eigenvalue weighted by atomic mass is 16.6. The Morgan fingerprint density at radius 2 is 0.717 bits per heavy atom. The summed E-state index contributed by atoms with van der Waals surface area (Å²) < 4.78 is 16.6. The number of hydrogen-bond acceptors (Lipinski definition) is 6. The minimum absolute atomic E-state index is 0.0676. The Hall–Kier alpha value is -1.59. The highest BCUT2D eigenvalue weighted by Gasteiger charge is 2.19. The average Bonchev–Trinajstić information content (AvgIpc) is 3.01. The van der Waals surface area contributed by atoms with Crippen LogP contribution in [-0.2, 0) is 28.6 Å². The molecule has 46 heavy (non-hydrogen) atoms. The lowest BCUT2D eigenvalue weighted by Gasteiger charge is -2.18. The molecule has 0 spiro atoms. The summed E-state index contributed by atoms with van der Waals surface area (Å²) in [5, 5.41) is 0. The van der Waals surface area contributed by atoms with Crippen LogP contribution in [0.2, 0.25) is 0 Å². The lowest BCUT2D eigenvalue weighted by molar-refractivity contribution is -0.167. The van der Waals surface area contributed by atoms with Gasteiger partial charge < -0.3 is 14.2 Å². The maximum atomic E-state index is 12.6. The van der Waals surface area contributed by atoms with Gasteiger partial charge in [-0.25, -0.2) is 0 Å². The normalized spacial score (nSPS) is 12.1. The van der Waals surface area contributed by atoms with Crippen LogP contribution in [-0.4, -0.2) is 37.2 Å². The van der Waals surface area contributed by atoms with E-state index in [9.17, 15) is 14.4 Å². The third kappa shape index (κ3) is 33.8. The van der Waals surface area contributed by atoms with Crippen molar-refractivity contribution >= 4 is 17.9 Å². The largest absolute Gasteiger partial charge is 0.462 e. The summed E-state index contributed by atoms with van der Waals surface area (Å²) in [6.45, 7) is 11.2. The van der Waals surface area contributed by atoms with Crippen molar-refractivity contribution in [2.45, 2.75) is 214 Å². The molecule has 0 unspecified atom stereocenters. The van der Waals surface area contributed by atoms with Crippen molar-refractivity contribution in [3.05, 3.63) is 0 Å². The Morgan fingerprint density at radius 3 is 1.07 bits per heavy atom. The van der Waals surface area contributed by atoms with E-state index in [1.54, 1.807) is 0 Å². The highest BCUT2D eigenvalue weighted by Crippen LogP contribution is 2.15.